The van der Waals surface area contributed by atoms with Crippen molar-refractivity contribution in [3.63, 3.8) is 0 Å². The maximum absolute atomic E-state index is 12.7. The van der Waals surface area contributed by atoms with Crippen molar-refractivity contribution in [3.8, 4) is 11.8 Å². The molecule has 2 rings (SSSR count). The summed E-state index contributed by atoms with van der Waals surface area (Å²) in [5, 5.41) is 0. The molecule has 0 aliphatic heterocycles. The first-order valence-corrected chi connectivity index (χ1v) is 10.4. The lowest BCUT2D eigenvalue weighted by Gasteiger charge is -2.33. The van der Waals surface area contributed by atoms with Crippen LogP contribution in [0.5, 0.6) is 0 Å². The van der Waals surface area contributed by atoms with E-state index in [2.05, 4.69) is 32.6 Å². The van der Waals surface area contributed by atoms with Crippen LogP contribution in [0.3, 0.4) is 0 Å². The Morgan fingerprint density at radius 1 is 1.04 bits per heavy atom. The van der Waals surface area contributed by atoms with Crippen LogP contribution in [0.2, 0.25) is 0 Å². The van der Waals surface area contributed by atoms with Crippen LogP contribution in [0.1, 0.15) is 80.1 Å². The smallest absolute Gasteiger partial charge is 0.310 e. The van der Waals surface area contributed by atoms with E-state index in [1.807, 2.05) is 20.8 Å². The van der Waals surface area contributed by atoms with E-state index in [1.165, 1.54) is 6.42 Å². The Labute approximate surface area is 159 Å². The average molecular weight is 361 g/mol. The highest BCUT2D eigenvalue weighted by atomic mass is 16.6. The lowest BCUT2D eigenvalue weighted by molar-refractivity contribution is -0.162. The SMILES string of the molecule is CCC1C[C@H](C(=O)C#CC2CC(CC(C)C)C2)[C@@H](C(=O)OC(C)(C)C)C1. The Bertz CT molecular complexity index is 566. The van der Waals surface area contributed by atoms with Crippen molar-refractivity contribution in [2.45, 2.75) is 85.7 Å². The number of esters is 1. The van der Waals surface area contributed by atoms with Gasteiger partial charge in [-0.05, 0) is 76.5 Å². The summed E-state index contributed by atoms with van der Waals surface area (Å²) in [6, 6.07) is 0. The van der Waals surface area contributed by atoms with Crippen molar-refractivity contribution >= 4 is 11.8 Å². The van der Waals surface area contributed by atoms with Gasteiger partial charge in [0.2, 0.25) is 5.78 Å². The summed E-state index contributed by atoms with van der Waals surface area (Å²) in [4.78, 5) is 25.3. The lowest BCUT2D eigenvalue weighted by atomic mass is 9.71. The molecule has 3 atom stereocenters. The number of carbonyl (C=O) groups is 2. The van der Waals surface area contributed by atoms with E-state index in [0.29, 0.717) is 11.8 Å². The van der Waals surface area contributed by atoms with Gasteiger partial charge in [-0.15, -0.1) is 0 Å². The lowest BCUT2D eigenvalue weighted by Crippen LogP contribution is -2.32. The monoisotopic (exact) mass is 360 g/mol. The van der Waals surface area contributed by atoms with Crippen molar-refractivity contribution in [2.24, 2.45) is 35.5 Å². The first kappa shape index (κ1) is 21.0. The second kappa shape index (κ2) is 8.59. The van der Waals surface area contributed by atoms with E-state index in [-0.39, 0.29) is 23.6 Å². The predicted molar refractivity (Wildman–Crippen MR) is 104 cm³/mol. The predicted octanol–water partition coefficient (Wildman–Crippen LogP) is 5.03. The Hall–Kier alpha value is -1.30. The van der Waals surface area contributed by atoms with Gasteiger partial charge in [-0.3, -0.25) is 9.59 Å². The molecule has 2 aliphatic rings. The van der Waals surface area contributed by atoms with Gasteiger partial charge in [-0.25, -0.2) is 0 Å². The third kappa shape index (κ3) is 5.86. The zero-order valence-electron chi connectivity index (χ0n) is 17.4. The molecule has 0 radical (unpaired) electrons. The molecule has 0 bridgehead atoms. The van der Waals surface area contributed by atoms with E-state index in [1.54, 1.807) is 0 Å². The molecule has 146 valence electrons. The highest BCUT2D eigenvalue weighted by Gasteiger charge is 2.43. The zero-order chi connectivity index (χ0) is 19.5. The summed E-state index contributed by atoms with van der Waals surface area (Å²) >= 11 is 0. The van der Waals surface area contributed by atoms with Crippen molar-refractivity contribution in [2.75, 3.05) is 0 Å². The summed E-state index contributed by atoms with van der Waals surface area (Å²) in [7, 11) is 0. The summed E-state index contributed by atoms with van der Waals surface area (Å²) in [5.41, 5.74) is -0.516. The minimum absolute atomic E-state index is 0.0517. The molecular weight excluding hydrogens is 324 g/mol. The number of carbonyl (C=O) groups excluding carboxylic acids is 2. The Kier molecular flexibility index (Phi) is 6.94. The largest absolute Gasteiger partial charge is 0.460 e. The molecule has 0 heterocycles. The topological polar surface area (TPSA) is 43.4 Å². The maximum Gasteiger partial charge on any atom is 0.310 e. The van der Waals surface area contributed by atoms with Gasteiger partial charge in [0.05, 0.1) is 5.92 Å². The van der Waals surface area contributed by atoms with Gasteiger partial charge >= 0.3 is 5.97 Å². The molecule has 26 heavy (non-hydrogen) atoms. The molecule has 2 saturated carbocycles. The van der Waals surface area contributed by atoms with Gasteiger partial charge in [0.25, 0.3) is 0 Å². The minimum Gasteiger partial charge on any atom is -0.460 e. The number of ketones is 1. The van der Waals surface area contributed by atoms with E-state index < -0.39 is 5.60 Å². The van der Waals surface area contributed by atoms with Crippen LogP contribution in [0.4, 0.5) is 0 Å². The Morgan fingerprint density at radius 3 is 2.19 bits per heavy atom. The summed E-state index contributed by atoms with van der Waals surface area (Å²) in [5.74, 6) is 7.49. The van der Waals surface area contributed by atoms with Gasteiger partial charge in [-0.1, -0.05) is 33.1 Å². The molecule has 0 spiro atoms. The fraction of sp³-hybridized carbons (Fsp3) is 0.826. The summed E-state index contributed by atoms with van der Waals surface area (Å²) in [6.45, 7) is 12.2. The molecule has 0 aromatic heterocycles. The van der Waals surface area contributed by atoms with Crippen LogP contribution in [0.15, 0.2) is 0 Å². The molecule has 3 nitrogen and oxygen atoms in total. The molecule has 0 amide bonds. The van der Waals surface area contributed by atoms with Gasteiger partial charge in [0.1, 0.15) is 5.60 Å². The van der Waals surface area contributed by atoms with E-state index in [4.69, 9.17) is 4.74 Å². The molecule has 2 fully saturated rings. The summed E-state index contributed by atoms with van der Waals surface area (Å²) in [6.07, 6.45) is 6.02. The average Bonchev–Trinajstić information content (AvgIpc) is 2.91. The van der Waals surface area contributed by atoms with Crippen LogP contribution in [-0.2, 0) is 14.3 Å². The first-order valence-electron chi connectivity index (χ1n) is 10.4. The van der Waals surface area contributed by atoms with Gasteiger partial charge < -0.3 is 4.74 Å². The van der Waals surface area contributed by atoms with Crippen LogP contribution < -0.4 is 0 Å². The molecule has 0 N–H and O–H groups in total. The molecule has 0 aromatic rings. The minimum atomic E-state index is -0.516. The van der Waals surface area contributed by atoms with E-state index in [0.717, 1.165) is 43.9 Å². The fourth-order valence-electron chi connectivity index (χ4n) is 4.38. The van der Waals surface area contributed by atoms with Crippen LogP contribution in [0, 0.1) is 47.3 Å². The maximum atomic E-state index is 12.7. The van der Waals surface area contributed by atoms with Crippen molar-refractivity contribution < 1.29 is 14.3 Å². The van der Waals surface area contributed by atoms with Gasteiger partial charge in [0.15, 0.2) is 0 Å². The third-order valence-corrected chi connectivity index (χ3v) is 5.72. The number of rotatable bonds is 5. The number of Topliss-reactive ketones (excluding diaryl/α,β-unsaturated/α-hetero) is 1. The molecular formula is C23H36O3. The first-order chi connectivity index (χ1) is 12.1. The van der Waals surface area contributed by atoms with Crippen LogP contribution in [-0.4, -0.2) is 17.4 Å². The highest BCUT2D eigenvalue weighted by molar-refractivity contribution is 6.00. The van der Waals surface area contributed by atoms with E-state index in [9.17, 15) is 9.59 Å². The van der Waals surface area contributed by atoms with Gasteiger partial charge in [0, 0.05) is 11.8 Å². The van der Waals surface area contributed by atoms with Crippen LogP contribution in [0.25, 0.3) is 0 Å². The van der Waals surface area contributed by atoms with Gasteiger partial charge in [-0.2, -0.15) is 0 Å². The van der Waals surface area contributed by atoms with E-state index >= 15 is 0 Å². The molecule has 0 aromatic carbocycles. The van der Waals surface area contributed by atoms with Crippen molar-refractivity contribution in [1.82, 2.24) is 0 Å². The zero-order valence-corrected chi connectivity index (χ0v) is 17.4. The quantitative estimate of drug-likeness (QED) is 0.392. The van der Waals surface area contributed by atoms with Crippen molar-refractivity contribution in [3.05, 3.63) is 0 Å². The third-order valence-electron chi connectivity index (χ3n) is 5.72. The second-order valence-corrected chi connectivity index (χ2v) is 9.79. The summed E-state index contributed by atoms with van der Waals surface area (Å²) < 4.78 is 5.56. The molecule has 3 heteroatoms. The molecule has 2 aliphatic carbocycles. The Morgan fingerprint density at radius 2 is 1.65 bits per heavy atom. The number of ether oxygens (including phenoxy) is 1. The molecule has 0 saturated heterocycles. The van der Waals surface area contributed by atoms with Crippen molar-refractivity contribution in [1.29, 1.82) is 0 Å². The standard InChI is InChI=1S/C23H36O3/c1-7-16-13-19(20(14-16)22(25)26-23(4,5)6)21(24)9-8-17-11-18(12-17)10-15(2)3/h15-20H,7,10-14H2,1-6H3/t16?,17?,18?,19-,20-/m0/s1. The normalized spacial score (nSPS) is 31.1. The number of hydrogen-bond acceptors (Lipinski definition) is 3. The molecule has 1 unspecified atom stereocenters. The van der Waals surface area contributed by atoms with Crippen LogP contribution >= 0.6 is 0 Å². The second-order valence-electron chi connectivity index (χ2n) is 9.79. The highest BCUT2D eigenvalue weighted by Crippen LogP contribution is 2.40. The number of hydrogen-bond donors (Lipinski definition) is 0. The fourth-order valence-corrected chi connectivity index (χ4v) is 4.38. The Balaban J connectivity index is 1.95.